The van der Waals surface area contributed by atoms with E-state index in [1.54, 1.807) is 31.2 Å². The Morgan fingerprint density at radius 2 is 1.87 bits per heavy atom. The number of ether oxygens (including phenoxy) is 1. The van der Waals surface area contributed by atoms with E-state index in [1.165, 1.54) is 12.1 Å². The van der Waals surface area contributed by atoms with Crippen molar-refractivity contribution in [2.45, 2.75) is 43.7 Å². The maximum Gasteiger partial charge on any atom is 0.339 e. The highest BCUT2D eigenvalue weighted by Crippen LogP contribution is 2.29. The molecule has 0 saturated carbocycles. The molecule has 1 atom stereocenters. The van der Waals surface area contributed by atoms with Gasteiger partial charge in [0, 0.05) is 23.6 Å². The normalized spacial score (nSPS) is 14.3. The van der Waals surface area contributed by atoms with Crippen LogP contribution >= 0.6 is 0 Å². The number of hydrogen-bond donors (Lipinski definition) is 2. The lowest BCUT2D eigenvalue weighted by atomic mass is 10.1. The second kappa shape index (κ2) is 8.16. The van der Waals surface area contributed by atoms with Gasteiger partial charge >= 0.3 is 5.63 Å². The van der Waals surface area contributed by atoms with Crippen molar-refractivity contribution in [1.29, 1.82) is 0 Å². The van der Waals surface area contributed by atoms with Gasteiger partial charge in [0.2, 0.25) is 10.0 Å². The molecule has 1 aromatic heterocycles. The summed E-state index contributed by atoms with van der Waals surface area (Å²) in [4.78, 5) is 24.6. The van der Waals surface area contributed by atoms with Crippen LogP contribution < -0.4 is 20.8 Å². The Morgan fingerprint density at radius 3 is 2.58 bits per heavy atom. The number of rotatable bonds is 6. The zero-order valence-electron chi connectivity index (χ0n) is 16.9. The van der Waals surface area contributed by atoms with Gasteiger partial charge < -0.3 is 14.5 Å². The predicted molar refractivity (Wildman–Crippen MR) is 114 cm³/mol. The molecule has 0 radical (unpaired) electrons. The van der Waals surface area contributed by atoms with Gasteiger partial charge in [0.1, 0.15) is 11.3 Å². The third kappa shape index (κ3) is 4.47. The number of nitrogens with two attached hydrogens (primary N) is 1. The fourth-order valence-corrected chi connectivity index (χ4v) is 4.24. The summed E-state index contributed by atoms with van der Waals surface area (Å²) in [5, 5.41) is 8.72. The number of fused-ring (bicyclic) bond motifs is 3. The van der Waals surface area contributed by atoms with Crippen molar-refractivity contribution in [2.24, 2.45) is 5.14 Å². The molecule has 162 valence electrons. The highest BCUT2D eigenvalue weighted by molar-refractivity contribution is 7.89. The van der Waals surface area contributed by atoms with Crippen LogP contribution in [0.2, 0.25) is 0 Å². The lowest BCUT2D eigenvalue weighted by Gasteiger charge is -2.15. The lowest BCUT2D eigenvalue weighted by molar-refractivity contribution is -0.127. The van der Waals surface area contributed by atoms with E-state index in [1.807, 2.05) is 6.07 Å². The van der Waals surface area contributed by atoms with Crippen molar-refractivity contribution in [3.05, 3.63) is 69.6 Å². The first kappa shape index (κ1) is 21.1. The smallest absolute Gasteiger partial charge is 0.339 e. The zero-order valence-corrected chi connectivity index (χ0v) is 17.7. The first-order chi connectivity index (χ1) is 14.7. The number of carbonyl (C=O) groups excluding carboxylic acids is 1. The minimum Gasteiger partial charge on any atom is -0.481 e. The Labute approximate surface area is 179 Å². The van der Waals surface area contributed by atoms with Gasteiger partial charge in [-0.1, -0.05) is 12.1 Å². The van der Waals surface area contributed by atoms with Crippen LogP contribution in [0, 0.1) is 0 Å². The summed E-state index contributed by atoms with van der Waals surface area (Å²) in [6, 6.07) is 11.2. The van der Waals surface area contributed by atoms with E-state index in [0.717, 1.165) is 35.8 Å². The second-order valence-electron chi connectivity index (χ2n) is 7.52. The Morgan fingerprint density at radius 1 is 1.16 bits per heavy atom. The summed E-state index contributed by atoms with van der Waals surface area (Å²) in [5.41, 5.74) is 2.65. The SMILES string of the molecule is C[C@@H](Oc1ccc2c3c(c(=O)oc2c1)CCC3)C(=O)NCc1ccc(S(N)(=O)=O)cc1. The molecule has 3 N–H and O–H groups in total. The molecule has 0 fully saturated rings. The predicted octanol–water partition coefficient (Wildman–Crippen LogP) is 2.01. The van der Waals surface area contributed by atoms with Crippen LogP contribution in [-0.2, 0) is 34.2 Å². The highest BCUT2D eigenvalue weighted by atomic mass is 32.2. The number of sulfonamides is 1. The molecule has 1 heterocycles. The van der Waals surface area contributed by atoms with Crippen molar-refractivity contribution in [3.63, 3.8) is 0 Å². The lowest BCUT2D eigenvalue weighted by Crippen LogP contribution is -2.35. The van der Waals surface area contributed by atoms with Gasteiger partial charge in [-0.2, -0.15) is 0 Å². The molecule has 0 spiro atoms. The molecular weight excluding hydrogens is 420 g/mol. The standard InChI is InChI=1S/C22H22N2O6S/c1-13(21(25)24-12-14-5-8-16(9-6-14)31(23,27)28)29-15-7-10-18-17-3-2-4-19(17)22(26)30-20(18)11-15/h5-11,13H,2-4,12H2,1H3,(H,24,25)(H2,23,27,28)/t13-/m1/s1. The maximum atomic E-state index is 12.4. The Balaban J connectivity index is 1.41. The molecule has 0 bridgehead atoms. The van der Waals surface area contributed by atoms with Gasteiger partial charge in [-0.15, -0.1) is 0 Å². The first-order valence-electron chi connectivity index (χ1n) is 9.87. The number of primary sulfonamides is 1. The minimum atomic E-state index is -3.76. The molecule has 31 heavy (non-hydrogen) atoms. The van der Waals surface area contributed by atoms with Crippen LogP contribution in [0.15, 0.2) is 56.6 Å². The van der Waals surface area contributed by atoms with E-state index in [4.69, 9.17) is 14.3 Å². The fraction of sp³-hybridized carbons (Fsp3) is 0.273. The van der Waals surface area contributed by atoms with Crippen LogP contribution in [0.3, 0.4) is 0 Å². The van der Waals surface area contributed by atoms with E-state index in [0.29, 0.717) is 16.9 Å². The number of aryl methyl sites for hydroxylation is 1. The highest BCUT2D eigenvalue weighted by Gasteiger charge is 2.20. The first-order valence-corrected chi connectivity index (χ1v) is 11.4. The third-order valence-corrected chi connectivity index (χ3v) is 6.28. The zero-order chi connectivity index (χ0) is 22.2. The molecule has 9 heteroatoms. The summed E-state index contributed by atoms with van der Waals surface area (Å²) in [6.45, 7) is 1.82. The van der Waals surface area contributed by atoms with E-state index >= 15 is 0 Å². The average molecular weight is 442 g/mol. The fourth-order valence-electron chi connectivity index (χ4n) is 3.72. The Bertz CT molecular complexity index is 1310. The molecular formula is C22H22N2O6S. The molecule has 1 aliphatic rings. The number of benzene rings is 2. The van der Waals surface area contributed by atoms with Crippen LogP contribution in [0.4, 0.5) is 0 Å². The molecule has 4 rings (SSSR count). The molecule has 0 saturated heterocycles. The summed E-state index contributed by atoms with van der Waals surface area (Å²) in [7, 11) is -3.76. The topological polar surface area (TPSA) is 129 Å². The van der Waals surface area contributed by atoms with Gasteiger partial charge in [0.05, 0.1) is 4.90 Å². The number of carbonyl (C=O) groups is 1. The van der Waals surface area contributed by atoms with Crippen LogP contribution in [-0.4, -0.2) is 20.4 Å². The molecule has 3 aromatic rings. The minimum absolute atomic E-state index is 0.00729. The molecule has 8 nitrogen and oxygen atoms in total. The monoisotopic (exact) mass is 442 g/mol. The average Bonchev–Trinajstić information content (AvgIpc) is 3.22. The summed E-state index contributed by atoms with van der Waals surface area (Å²) >= 11 is 0. The van der Waals surface area contributed by atoms with Gasteiger partial charge in [-0.05, 0) is 61.6 Å². The number of hydrogen-bond acceptors (Lipinski definition) is 6. The second-order valence-corrected chi connectivity index (χ2v) is 9.09. The summed E-state index contributed by atoms with van der Waals surface area (Å²) in [5.74, 6) is 0.0831. The largest absolute Gasteiger partial charge is 0.481 e. The van der Waals surface area contributed by atoms with E-state index in [9.17, 15) is 18.0 Å². The van der Waals surface area contributed by atoms with Gasteiger partial charge in [-0.25, -0.2) is 18.4 Å². The maximum absolute atomic E-state index is 12.4. The summed E-state index contributed by atoms with van der Waals surface area (Å²) < 4.78 is 33.8. The van der Waals surface area contributed by atoms with E-state index in [2.05, 4.69) is 5.32 Å². The molecule has 1 amide bonds. The Hall–Kier alpha value is -3.17. The van der Waals surface area contributed by atoms with Gasteiger partial charge in [-0.3, -0.25) is 4.79 Å². The van der Waals surface area contributed by atoms with Crippen molar-refractivity contribution in [2.75, 3.05) is 0 Å². The van der Waals surface area contributed by atoms with Crippen LogP contribution in [0.5, 0.6) is 5.75 Å². The quantitative estimate of drug-likeness (QED) is 0.562. The van der Waals surface area contributed by atoms with Crippen LogP contribution in [0.25, 0.3) is 11.0 Å². The number of amides is 1. The van der Waals surface area contributed by atoms with Crippen molar-refractivity contribution in [3.8, 4) is 5.75 Å². The molecule has 1 aliphatic carbocycles. The van der Waals surface area contributed by atoms with Gasteiger partial charge in [0.25, 0.3) is 5.91 Å². The Kier molecular flexibility index (Phi) is 5.55. The third-order valence-electron chi connectivity index (χ3n) is 5.35. The van der Waals surface area contributed by atoms with E-state index in [-0.39, 0.29) is 23.0 Å². The number of nitrogens with one attached hydrogen (secondary N) is 1. The molecule has 2 aromatic carbocycles. The van der Waals surface area contributed by atoms with Crippen molar-refractivity contribution < 1.29 is 22.4 Å². The van der Waals surface area contributed by atoms with Crippen molar-refractivity contribution >= 4 is 26.9 Å². The van der Waals surface area contributed by atoms with E-state index < -0.39 is 16.1 Å². The molecule has 0 aliphatic heterocycles. The van der Waals surface area contributed by atoms with Crippen molar-refractivity contribution in [1.82, 2.24) is 5.32 Å². The van der Waals surface area contributed by atoms with Crippen LogP contribution in [0.1, 0.15) is 30.0 Å². The van der Waals surface area contributed by atoms with Gasteiger partial charge in [0.15, 0.2) is 6.10 Å². The molecule has 0 unspecified atom stereocenters. The summed E-state index contributed by atoms with van der Waals surface area (Å²) in [6.07, 6.45) is 1.75.